The number of rotatable bonds is 14. The van der Waals surface area contributed by atoms with E-state index in [0.29, 0.717) is 23.6 Å². The summed E-state index contributed by atoms with van der Waals surface area (Å²) in [5.74, 6) is -1.34. The lowest BCUT2D eigenvalue weighted by Gasteiger charge is -2.26. The first-order chi connectivity index (χ1) is 17.2. The first-order valence-corrected chi connectivity index (χ1v) is 15.8. The number of hydrogen-bond donors (Lipinski definition) is 4. The van der Waals surface area contributed by atoms with Gasteiger partial charge in [-0.2, -0.15) is 0 Å². The predicted octanol–water partition coefficient (Wildman–Crippen LogP) is 1.90. The molecule has 1 amide bonds. The van der Waals surface area contributed by atoms with Crippen LogP contribution in [0.5, 0.6) is 0 Å². The summed E-state index contributed by atoms with van der Waals surface area (Å²) in [6, 6.07) is 12.9. The van der Waals surface area contributed by atoms with Crippen molar-refractivity contribution < 1.29 is 26.7 Å². The molecule has 5 N–H and O–H groups in total. The summed E-state index contributed by atoms with van der Waals surface area (Å²) in [6.07, 6.45) is 1.31. The molecule has 3 unspecified atom stereocenters. The minimum Gasteiger partial charge on any atom is -0.399 e. The second kappa shape index (κ2) is 13.4. The maximum atomic E-state index is 13.2. The molecule has 3 atom stereocenters. The Bertz CT molecular complexity index is 1250. The molecule has 9 nitrogen and oxygen atoms in total. The van der Waals surface area contributed by atoms with Crippen molar-refractivity contribution in [2.45, 2.75) is 57.1 Å². The number of aliphatic hydroxyl groups is 1. The van der Waals surface area contributed by atoms with Crippen molar-refractivity contribution in [2.24, 2.45) is 11.8 Å². The molecule has 0 aliphatic heterocycles. The Morgan fingerprint density at radius 2 is 1.68 bits per heavy atom. The van der Waals surface area contributed by atoms with Crippen LogP contribution in [0.1, 0.15) is 38.3 Å². The third kappa shape index (κ3) is 10.4. The van der Waals surface area contributed by atoms with Gasteiger partial charge in [-0.05, 0) is 54.5 Å². The van der Waals surface area contributed by atoms with Gasteiger partial charge < -0.3 is 16.2 Å². The van der Waals surface area contributed by atoms with Gasteiger partial charge in [0.1, 0.15) is 9.84 Å². The van der Waals surface area contributed by atoms with E-state index >= 15 is 0 Å². The molecule has 2 rings (SSSR count). The molecule has 0 saturated carbocycles. The summed E-state index contributed by atoms with van der Waals surface area (Å²) in [4.78, 5) is 12.8. The molecule has 2 aromatic rings. The van der Waals surface area contributed by atoms with Crippen LogP contribution in [0.3, 0.4) is 0 Å². The smallest absolute Gasteiger partial charge is 0.240 e. The van der Waals surface area contributed by atoms with E-state index in [0.717, 1.165) is 18.2 Å². The summed E-state index contributed by atoms with van der Waals surface area (Å²) in [6.45, 7) is 5.24. The van der Waals surface area contributed by atoms with Crippen LogP contribution in [0.25, 0.3) is 0 Å². The lowest BCUT2D eigenvalue weighted by Crippen LogP contribution is -2.51. The number of amides is 1. The van der Waals surface area contributed by atoms with Gasteiger partial charge in [0.05, 0.1) is 22.8 Å². The predicted molar refractivity (Wildman–Crippen MR) is 146 cm³/mol. The maximum absolute atomic E-state index is 13.2. The van der Waals surface area contributed by atoms with E-state index in [-0.39, 0.29) is 23.6 Å². The summed E-state index contributed by atoms with van der Waals surface area (Å²) < 4.78 is 52.0. The summed E-state index contributed by atoms with van der Waals surface area (Å²) >= 11 is 0. The number of anilines is 1. The first-order valence-electron chi connectivity index (χ1n) is 12.3. The van der Waals surface area contributed by atoms with Gasteiger partial charge in [-0.25, -0.2) is 21.6 Å². The second-order valence-corrected chi connectivity index (χ2v) is 13.9. The SMILES string of the molecule is CC(C)CCc1cc(N)ccc1S(=O)(=O)NCC(O)C(Cc1ccccc1)NC(=O)C(C)CS(C)(=O)=O. The molecule has 11 heteroatoms. The number of carbonyl (C=O) groups is 1. The number of aliphatic hydroxyl groups excluding tert-OH is 1. The second-order valence-electron chi connectivity index (χ2n) is 10.0. The average molecular weight is 554 g/mol. The van der Waals surface area contributed by atoms with Crippen molar-refractivity contribution in [3.63, 3.8) is 0 Å². The standard InChI is InChI=1S/C26H39N3O6S2/c1-18(2)10-11-21-15-22(27)12-13-25(21)37(34,35)28-16-24(30)23(14-20-8-6-5-7-9-20)29-26(31)19(3)17-36(4,32)33/h5-9,12-13,15,18-19,23-24,28,30H,10-11,14,16-17,27H2,1-4H3,(H,29,31). The molecular weight excluding hydrogens is 514 g/mol. The number of sulfonamides is 1. The Morgan fingerprint density at radius 3 is 2.27 bits per heavy atom. The maximum Gasteiger partial charge on any atom is 0.240 e. The number of aryl methyl sites for hydroxylation is 1. The highest BCUT2D eigenvalue weighted by Crippen LogP contribution is 2.22. The van der Waals surface area contributed by atoms with Crippen LogP contribution >= 0.6 is 0 Å². The van der Waals surface area contributed by atoms with Crippen molar-refractivity contribution in [3.05, 3.63) is 59.7 Å². The van der Waals surface area contributed by atoms with Gasteiger partial charge in [-0.3, -0.25) is 4.79 Å². The summed E-state index contributed by atoms with van der Waals surface area (Å²) in [5.41, 5.74) is 7.77. The van der Waals surface area contributed by atoms with E-state index < -0.39 is 43.8 Å². The Balaban J connectivity index is 2.21. The lowest BCUT2D eigenvalue weighted by atomic mass is 10.0. The molecule has 2 aromatic carbocycles. The number of hydrogen-bond acceptors (Lipinski definition) is 7. The van der Waals surface area contributed by atoms with Crippen molar-refractivity contribution in [2.75, 3.05) is 24.3 Å². The third-order valence-electron chi connectivity index (χ3n) is 5.94. The topological polar surface area (TPSA) is 156 Å². The van der Waals surface area contributed by atoms with Gasteiger partial charge in [0.2, 0.25) is 15.9 Å². The first kappa shape index (κ1) is 30.8. The van der Waals surface area contributed by atoms with Crippen molar-refractivity contribution in [1.82, 2.24) is 10.0 Å². The van der Waals surface area contributed by atoms with Gasteiger partial charge >= 0.3 is 0 Å². The zero-order valence-corrected chi connectivity index (χ0v) is 23.5. The highest BCUT2D eigenvalue weighted by atomic mass is 32.2. The summed E-state index contributed by atoms with van der Waals surface area (Å²) in [7, 11) is -7.37. The fourth-order valence-corrected chi connectivity index (χ4v) is 6.28. The number of nitrogen functional groups attached to an aromatic ring is 1. The fourth-order valence-electron chi connectivity index (χ4n) is 3.92. The molecular formula is C26H39N3O6S2. The van der Waals surface area contributed by atoms with Gasteiger partial charge in [0.15, 0.2) is 0 Å². The van der Waals surface area contributed by atoms with E-state index in [1.807, 2.05) is 44.2 Å². The zero-order valence-electron chi connectivity index (χ0n) is 21.8. The van der Waals surface area contributed by atoms with Crippen LogP contribution in [0.15, 0.2) is 53.4 Å². The highest BCUT2D eigenvalue weighted by molar-refractivity contribution is 7.90. The number of carbonyl (C=O) groups excluding carboxylic acids is 1. The van der Waals surface area contributed by atoms with Crippen LogP contribution in [-0.2, 0) is 37.5 Å². The van der Waals surface area contributed by atoms with E-state index in [4.69, 9.17) is 5.73 Å². The number of nitrogens with one attached hydrogen (secondary N) is 2. The van der Waals surface area contributed by atoms with E-state index in [2.05, 4.69) is 10.0 Å². The number of benzene rings is 2. The molecule has 0 heterocycles. The van der Waals surface area contributed by atoms with Crippen LogP contribution in [0.2, 0.25) is 0 Å². The molecule has 0 aliphatic rings. The molecule has 206 valence electrons. The molecule has 0 fully saturated rings. The normalized spacial score (nSPS) is 14.8. The summed E-state index contributed by atoms with van der Waals surface area (Å²) in [5, 5.41) is 13.7. The Hall–Kier alpha value is -2.47. The van der Waals surface area contributed by atoms with Crippen molar-refractivity contribution in [1.29, 1.82) is 0 Å². The average Bonchev–Trinajstić information content (AvgIpc) is 2.80. The quantitative estimate of drug-likeness (QED) is 0.260. The van der Waals surface area contributed by atoms with Gasteiger partial charge in [0, 0.05) is 24.4 Å². The lowest BCUT2D eigenvalue weighted by molar-refractivity contribution is -0.125. The third-order valence-corrected chi connectivity index (χ3v) is 8.57. The Kier molecular flexibility index (Phi) is 11.1. The molecule has 0 aliphatic carbocycles. The van der Waals surface area contributed by atoms with Crippen LogP contribution < -0.4 is 15.8 Å². The van der Waals surface area contributed by atoms with Gasteiger partial charge in [0.25, 0.3) is 0 Å². The minimum atomic E-state index is -3.98. The van der Waals surface area contributed by atoms with Gasteiger partial charge in [-0.1, -0.05) is 51.1 Å². The number of nitrogens with two attached hydrogens (primary N) is 1. The van der Waals surface area contributed by atoms with Crippen LogP contribution in [0, 0.1) is 11.8 Å². The monoisotopic (exact) mass is 553 g/mol. The molecule has 0 radical (unpaired) electrons. The van der Waals surface area contributed by atoms with Crippen molar-refractivity contribution >= 4 is 31.5 Å². The Morgan fingerprint density at radius 1 is 1.03 bits per heavy atom. The van der Waals surface area contributed by atoms with E-state index in [9.17, 15) is 26.7 Å². The molecule has 0 spiro atoms. The van der Waals surface area contributed by atoms with E-state index in [1.54, 1.807) is 6.07 Å². The highest BCUT2D eigenvalue weighted by Gasteiger charge is 2.28. The van der Waals surface area contributed by atoms with Gasteiger partial charge in [-0.15, -0.1) is 0 Å². The largest absolute Gasteiger partial charge is 0.399 e. The number of sulfone groups is 1. The zero-order chi connectivity index (χ0) is 27.8. The molecule has 0 bridgehead atoms. The van der Waals surface area contributed by atoms with Crippen LogP contribution in [0.4, 0.5) is 5.69 Å². The fraction of sp³-hybridized carbons (Fsp3) is 0.500. The van der Waals surface area contributed by atoms with Crippen molar-refractivity contribution in [3.8, 4) is 0 Å². The van der Waals surface area contributed by atoms with E-state index in [1.165, 1.54) is 19.1 Å². The molecule has 37 heavy (non-hydrogen) atoms. The Labute approximate surface area is 220 Å². The molecule has 0 aromatic heterocycles. The van der Waals surface area contributed by atoms with Crippen LogP contribution in [-0.4, -0.2) is 58.5 Å². The molecule has 0 saturated heterocycles. The minimum absolute atomic E-state index is 0.0972.